The van der Waals surface area contributed by atoms with E-state index in [-0.39, 0.29) is 15.6 Å². The van der Waals surface area contributed by atoms with Gasteiger partial charge in [0.15, 0.2) is 5.82 Å². The number of rotatable bonds is 3. The van der Waals surface area contributed by atoms with Gasteiger partial charge in [0, 0.05) is 8.95 Å². The molecule has 0 amide bonds. The van der Waals surface area contributed by atoms with Crippen molar-refractivity contribution in [1.82, 2.24) is 0 Å². The Kier molecular flexibility index (Phi) is 4.73. The Morgan fingerprint density at radius 1 is 1.15 bits per heavy atom. The molecule has 3 nitrogen and oxygen atoms in total. The molecule has 0 saturated carbocycles. The number of halogens is 4. The third kappa shape index (κ3) is 3.33. The third-order valence-corrected chi connectivity index (χ3v) is 5.51. The summed E-state index contributed by atoms with van der Waals surface area (Å²) in [6, 6.07) is 8.66. The second-order valence-electron chi connectivity index (χ2n) is 3.78. The van der Waals surface area contributed by atoms with Crippen molar-refractivity contribution in [2.75, 3.05) is 4.72 Å². The van der Waals surface area contributed by atoms with E-state index >= 15 is 0 Å². The second-order valence-corrected chi connectivity index (χ2v) is 7.61. The molecule has 0 unspecified atom stereocenters. The van der Waals surface area contributed by atoms with Crippen LogP contribution in [-0.4, -0.2) is 8.42 Å². The molecule has 0 atom stereocenters. The SMILES string of the molecule is O=S(=O)(Nc1cccc(Cl)c1F)c1ccc(Br)cc1Br. The molecule has 1 N–H and O–H groups in total. The summed E-state index contributed by atoms with van der Waals surface area (Å²) < 4.78 is 41.5. The van der Waals surface area contributed by atoms with Gasteiger partial charge in [-0.3, -0.25) is 4.72 Å². The fourth-order valence-electron chi connectivity index (χ4n) is 1.48. The Morgan fingerprint density at radius 2 is 1.85 bits per heavy atom. The quantitative estimate of drug-likeness (QED) is 0.741. The van der Waals surface area contributed by atoms with Crippen LogP contribution in [0.5, 0.6) is 0 Å². The van der Waals surface area contributed by atoms with Gasteiger partial charge in [0.05, 0.1) is 10.7 Å². The van der Waals surface area contributed by atoms with Crippen molar-refractivity contribution in [3.05, 3.63) is 56.2 Å². The van der Waals surface area contributed by atoms with Crippen LogP contribution in [0.25, 0.3) is 0 Å². The minimum atomic E-state index is -3.92. The van der Waals surface area contributed by atoms with E-state index < -0.39 is 15.8 Å². The highest BCUT2D eigenvalue weighted by Crippen LogP contribution is 2.29. The lowest BCUT2D eigenvalue weighted by atomic mass is 10.3. The van der Waals surface area contributed by atoms with E-state index in [1.165, 1.54) is 24.3 Å². The standard InChI is InChI=1S/C12H7Br2ClFNO2S/c13-7-4-5-11(8(14)6-7)20(18,19)17-10-3-1-2-9(15)12(10)16/h1-6,17H. The number of sulfonamides is 1. The molecule has 0 fully saturated rings. The molecule has 0 aliphatic carbocycles. The summed E-state index contributed by atoms with van der Waals surface area (Å²) in [6.45, 7) is 0. The molecule has 8 heteroatoms. The molecule has 0 aromatic heterocycles. The van der Waals surface area contributed by atoms with Crippen molar-refractivity contribution in [1.29, 1.82) is 0 Å². The predicted molar refractivity (Wildman–Crippen MR) is 84.1 cm³/mol. The maximum absolute atomic E-state index is 13.7. The summed E-state index contributed by atoms with van der Waals surface area (Å²) >= 11 is 12.0. The van der Waals surface area contributed by atoms with Crippen LogP contribution >= 0.6 is 43.5 Å². The topological polar surface area (TPSA) is 46.2 Å². The third-order valence-electron chi connectivity index (χ3n) is 2.38. The Morgan fingerprint density at radius 3 is 2.50 bits per heavy atom. The van der Waals surface area contributed by atoms with Crippen LogP contribution in [0.3, 0.4) is 0 Å². The number of hydrogen-bond acceptors (Lipinski definition) is 2. The fraction of sp³-hybridized carbons (Fsp3) is 0. The van der Waals surface area contributed by atoms with Crippen molar-refractivity contribution in [3.8, 4) is 0 Å². The zero-order chi connectivity index (χ0) is 14.9. The molecule has 0 bridgehead atoms. The van der Waals surface area contributed by atoms with Crippen molar-refractivity contribution in [2.45, 2.75) is 4.90 Å². The van der Waals surface area contributed by atoms with E-state index in [0.717, 1.165) is 4.47 Å². The first-order valence-electron chi connectivity index (χ1n) is 5.23. The average Bonchev–Trinajstić information content (AvgIpc) is 2.34. The molecule has 0 saturated heterocycles. The van der Waals surface area contributed by atoms with Gasteiger partial charge in [-0.1, -0.05) is 33.6 Å². The number of nitrogens with one attached hydrogen (secondary N) is 1. The highest BCUT2D eigenvalue weighted by Gasteiger charge is 2.20. The lowest BCUT2D eigenvalue weighted by molar-refractivity contribution is 0.598. The maximum atomic E-state index is 13.7. The van der Waals surface area contributed by atoms with Crippen molar-refractivity contribution in [3.63, 3.8) is 0 Å². The van der Waals surface area contributed by atoms with E-state index in [4.69, 9.17) is 11.6 Å². The maximum Gasteiger partial charge on any atom is 0.263 e. The summed E-state index contributed by atoms with van der Waals surface area (Å²) in [4.78, 5) is 0.0000699. The van der Waals surface area contributed by atoms with E-state index in [1.807, 2.05) is 0 Å². The van der Waals surface area contributed by atoms with E-state index in [0.29, 0.717) is 4.47 Å². The number of benzene rings is 2. The summed E-state index contributed by atoms with van der Waals surface area (Å²) in [5.74, 6) is -0.814. The van der Waals surface area contributed by atoms with Gasteiger partial charge < -0.3 is 0 Å². The monoisotopic (exact) mass is 441 g/mol. The van der Waals surface area contributed by atoms with Crippen LogP contribution in [0.2, 0.25) is 5.02 Å². The van der Waals surface area contributed by atoms with Crippen molar-refractivity contribution in [2.24, 2.45) is 0 Å². The molecule has 0 aliphatic rings. The number of anilines is 1. The molecule has 20 heavy (non-hydrogen) atoms. The van der Waals surface area contributed by atoms with Gasteiger partial charge in [0.1, 0.15) is 4.90 Å². The predicted octanol–water partition coefficient (Wildman–Crippen LogP) is 4.80. The smallest absolute Gasteiger partial charge is 0.263 e. The molecule has 0 heterocycles. The van der Waals surface area contributed by atoms with Gasteiger partial charge in [0.2, 0.25) is 0 Å². The molecule has 106 valence electrons. The Balaban J connectivity index is 2.44. The van der Waals surface area contributed by atoms with Crippen LogP contribution in [0.15, 0.2) is 50.2 Å². The summed E-state index contributed by atoms with van der Waals surface area (Å²) in [5, 5.41) is -0.153. The summed E-state index contributed by atoms with van der Waals surface area (Å²) in [7, 11) is -3.92. The summed E-state index contributed by atoms with van der Waals surface area (Å²) in [6.07, 6.45) is 0. The fourth-order valence-corrected chi connectivity index (χ4v) is 4.46. The molecular formula is C12H7Br2ClFNO2S. The average molecular weight is 444 g/mol. The first kappa shape index (κ1) is 15.8. The molecule has 2 aromatic rings. The first-order chi connectivity index (χ1) is 9.31. The second kappa shape index (κ2) is 6.01. The van der Waals surface area contributed by atoms with E-state index in [1.54, 1.807) is 12.1 Å². The van der Waals surface area contributed by atoms with Crippen LogP contribution in [0.1, 0.15) is 0 Å². The van der Waals surface area contributed by atoms with Crippen LogP contribution in [0, 0.1) is 5.82 Å². The van der Waals surface area contributed by atoms with Crippen LogP contribution in [-0.2, 0) is 10.0 Å². The largest absolute Gasteiger partial charge is 0.277 e. The van der Waals surface area contributed by atoms with E-state index in [2.05, 4.69) is 36.6 Å². The van der Waals surface area contributed by atoms with Gasteiger partial charge in [-0.05, 0) is 46.3 Å². The zero-order valence-electron chi connectivity index (χ0n) is 9.70. The molecule has 2 rings (SSSR count). The Bertz CT molecular complexity index is 768. The lowest BCUT2D eigenvalue weighted by Crippen LogP contribution is -2.14. The normalized spacial score (nSPS) is 11.4. The molecular weight excluding hydrogens is 436 g/mol. The minimum absolute atomic E-state index is 0.0000699. The molecule has 0 spiro atoms. The van der Waals surface area contributed by atoms with Crippen molar-refractivity contribution >= 4 is 59.2 Å². The zero-order valence-corrected chi connectivity index (χ0v) is 14.4. The van der Waals surface area contributed by atoms with Gasteiger partial charge in [-0.2, -0.15) is 0 Å². The lowest BCUT2D eigenvalue weighted by Gasteiger charge is -2.11. The Hall–Kier alpha value is -0.630. The van der Waals surface area contributed by atoms with Gasteiger partial charge in [0.25, 0.3) is 10.0 Å². The van der Waals surface area contributed by atoms with Crippen LogP contribution in [0.4, 0.5) is 10.1 Å². The molecule has 0 aliphatic heterocycles. The highest BCUT2D eigenvalue weighted by atomic mass is 79.9. The van der Waals surface area contributed by atoms with Gasteiger partial charge in [-0.25, -0.2) is 12.8 Å². The first-order valence-corrected chi connectivity index (χ1v) is 8.68. The molecule has 2 aromatic carbocycles. The van der Waals surface area contributed by atoms with Gasteiger partial charge >= 0.3 is 0 Å². The minimum Gasteiger partial charge on any atom is -0.277 e. The van der Waals surface area contributed by atoms with Gasteiger partial charge in [-0.15, -0.1) is 0 Å². The van der Waals surface area contributed by atoms with Crippen LogP contribution < -0.4 is 4.72 Å². The van der Waals surface area contributed by atoms with Crippen molar-refractivity contribution < 1.29 is 12.8 Å². The Labute approximate surface area is 137 Å². The number of hydrogen-bond donors (Lipinski definition) is 1. The molecule has 0 radical (unpaired) electrons. The van der Waals surface area contributed by atoms with E-state index in [9.17, 15) is 12.8 Å². The highest BCUT2D eigenvalue weighted by molar-refractivity contribution is 9.11. The summed E-state index contributed by atoms with van der Waals surface area (Å²) in [5.41, 5.74) is -0.202.